The third kappa shape index (κ3) is 26.0. The highest BCUT2D eigenvalue weighted by Crippen LogP contribution is 2.34. The molecule has 0 saturated heterocycles. The second-order valence-electron chi connectivity index (χ2n) is 17.5. The summed E-state index contributed by atoms with van der Waals surface area (Å²) in [5, 5.41) is 0. The zero-order chi connectivity index (χ0) is 36.1. The van der Waals surface area contributed by atoms with Crippen LogP contribution in [0.25, 0.3) is 0 Å². The van der Waals surface area contributed by atoms with Crippen molar-refractivity contribution >= 4 is 94.0 Å². The van der Waals surface area contributed by atoms with Gasteiger partial charge < -0.3 is 29.4 Å². The number of hydrogen-bond donors (Lipinski definition) is 0. The lowest BCUT2D eigenvalue weighted by atomic mass is 10.4. The highest BCUT2D eigenvalue weighted by Gasteiger charge is 2.52. The number of hydrogen-bond acceptors (Lipinski definition) is 8. The standard InChI is InChI=1S/C28H74O8Si10/c1-27(2)28(29)30-19-18-23-46(34-43(12,13)24-20-37-31-40(3,4)5,35-44(14,15)25-21-38-32-41(6,7)8)36-45(16,17)26-22-39-33-42(9,10)11/h1,18-26,37-39H2,2-17H3. The molecule has 0 N–H and O–H groups in total. The smallest absolute Gasteiger partial charge is 0.462 e. The van der Waals surface area contributed by atoms with Crippen LogP contribution in [0.3, 0.4) is 0 Å². The fourth-order valence-corrected chi connectivity index (χ4v) is 40.6. The van der Waals surface area contributed by atoms with Gasteiger partial charge in [0.05, 0.1) is 6.61 Å². The van der Waals surface area contributed by atoms with Gasteiger partial charge in [-0.25, -0.2) is 4.79 Å². The van der Waals surface area contributed by atoms with E-state index < -0.39 is 88.0 Å². The molecule has 0 aromatic carbocycles. The zero-order valence-electron chi connectivity index (χ0n) is 33.0. The molecule has 0 aliphatic carbocycles. The highest BCUT2D eigenvalue weighted by molar-refractivity contribution is 6.91. The monoisotopic (exact) mass is 818 g/mol. The van der Waals surface area contributed by atoms with Gasteiger partial charge in [0.1, 0.15) is 29.3 Å². The van der Waals surface area contributed by atoms with Crippen molar-refractivity contribution in [2.24, 2.45) is 0 Å². The first-order chi connectivity index (χ1) is 20.6. The minimum atomic E-state index is -3.17. The summed E-state index contributed by atoms with van der Waals surface area (Å²) in [5.41, 5.74) is 0.419. The Morgan fingerprint density at radius 1 is 0.543 bits per heavy atom. The van der Waals surface area contributed by atoms with Crippen molar-refractivity contribution < 1.29 is 34.2 Å². The Hall–Kier alpha value is 1.14. The van der Waals surface area contributed by atoms with Crippen LogP contribution in [0, 0.1) is 0 Å². The molecule has 46 heavy (non-hydrogen) atoms. The van der Waals surface area contributed by atoms with E-state index in [-0.39, 0.29) is 5.97 Å². The molecule has 0 aliphatic heterocycles. The summed E-state index contributed by atoms with van der Waals surface area (Å²) < 4.78 is 46.8. The van der Waals surface area contributed by atoms with Gasteiger partial charge in [0, 0.05) is 11.6 Å². The molecule has 0 aromatic heterocycles. The maximum absolute atomic E-state index is 12.2. The van der Waals surface area contributed by atoms with E-state index >= 15 is 0 Å². The van der Waals surface area contributed by atoms with Gasteiger partial charge in [0.25, 0.3) is 0 Å². The molecule has 8 nitrogen and oxygen atoms in total. The molecule has 0 heterocycles. The summed E-state index contributed by atoms with van der Waals surface area (Å²) >= 11 is 0. The predicted octanol–water partition coefficient (Wildman–Crippen LogP) is 7.16. The number of carbonyl (C=O) groups excluding carboxylic acids is 1. The van der Waals surface area contributed by atoms with Crippen molar-refractivity contribution in [1.29, 1.82) is 0 Å². The molecule has 0 rings (SSSR count). The van der Waals surface area contributed by atoms with E-state index in [4.69, 9.17) is 29.4 Å². The van der Waals surface area contributed by atoms with Crippen molar-refractivity contribution in [2.75, 3.05) is 6.61 Å². The maximum atomic E-state index is 12.2. The minimum Gasteiger partial charge on any atom is -0.462 e. The van der Waals surface area contributed by atoms with Gasteiger partial charge in [-0.05, 0) is 148 Å². The van der Waals surface area contributed by atoms with Crippen molar-refractivity contribution in [1.82, 2.24) is 0 Å². The zero-order valence-corrected chi connectivity index (χ0v) is 44.2. The minimum absolute atomic E-state index is 0.313. The van der Waals surface area contributed by atoms with E-state index in [1.807, 2.05) is 0 Å². The normalized spacial score (nSPS) is 15.9. The number of carbonyl (C=O) groups is 1. The molecule has 18 heteroatoms. The molecule has 0 aromatic rings. The quantitative estimate of drug-likeness (QED) is 0.0394. The van der Waals surface area contributed by atoms with Crippen LogP contribution in [0.4, 0.5) is 0 Å². The van der Waals surface area contributed by atoms with Crippen molar-refractivity contribution in [3.8, 4) is 0 Å². The van der Waals surface area contributed by atoms with Crippen LogP contribution < -0.4 is 0 Å². The fourth-order valence-electron chi connectivity index (χ4n) is 4.84. The van der Waals surface area contributed by atoms with Gasteiger partial charge >= 0.3 is 14.8 Å². The molecule has 0 spiro atoms. The summed E-state index contributed by atoms with van der Waals surface area (Å²) in [6.45, 7) is 40.2. The van der Waals surface area contributed by atoms with Crippen molar-refractivity contribution in [3.05, 3.63) is 12.2 Å². The van der Waals surface area contributed by atoms with E-state index in [0.29, 0.717) is 24.6 Å². The Kier molecular flexibility index (Phi) is 20.7. The Labute approximate surface area is 299 Å². The molecule has 0 unspecified atom stereocenters. The van der Waals surface area contributed by atoms with E-state index in [0.717, 1.165) is 36.3 Å². The van der Waals surface area contributed by atoms with Crippen molar-refractivity contribution in [2.45, 2.75) is 154 Å². The second kappa shape index (κ2) is 20.2. The lowest BCUT2D eigenvalue weighted by Gasteiger charge is -2.45. The Morgan fingerprint density at radius 3 is 1.11 bits per heavy atom. The molecule has 0 aliphatic rings. The number of rotatable bonds is 26. The third-order valence-corrected chi connectivity index (χ3v) is 39.8. The van der Waals surface area contributed by atoms with Crippen LogP contribution in [-0.4, -0.2) is 101 Å². The summed E-state index contributed by atoms with van der Waals surface area (Å²) in [6, 6.07) is 7.16. The summed E-state index contributed by atoms with van der Waals surface area (Å²) in [5.74, 6) is -0.346. The second-order valence-corrected chi connectivity index (χ2v) is 53.3. The molecule has 0 bridgehead atoms. The molecule has 274 valence electrons. The summed E-state index contributed by atoms with van der Waals surface area (Å²) in [4.78, 5) is 12.2. The van der Waals surface area contributed by atoms with Crippen molar-refractivity contribution in [3.63, 3.8) is 0 Å². The molecule has 0 amide bonds. The first-order valence-corrected chi connectivity index (χ1v) is 43.7. The average molecular weight is 820 g/mol. The molecule has 0 atom stereocenters. The van der Waals surface area contributed by atoms with Gasteiger partial charge in [-0.3, -0.25) is 0 Å². The lowest BCUT2D eigenvalue weighted by Crippen LogP contribution is -2.62. The first kappa shape index (κ1) is 47.1. The molecular weight excluding hydrogens is 745 g/mol. The van der Waals surface area contributed by atoms with Gasteiger partial charge in [-0.15, -0.1) is 0 Å². The van der Waals surface area contributed by atoms with E-state index in [2.05, 4.69) is 105 Å². The van der Waals surface area contributed by atoms with Gasteiger partial charge in [0.2, 0.25) is 0 Å². The molecule has 0 fully saturated rings. The van der Waals surface area contributed by atoms with Gasteiger partial charge in [0.15, 0.2) is 49.9 Å². The van der Waals surface area contributed by atoms with Crippen LogP contribution in [0.1, 0.15) is 13.3 Å². The maximum Gasteiger partial charge on any atom is 0.469 e. The van der Waals surface area contributed by atoms with Crippen LogP contribution >= 0.6 is 0 Å². The fraction of sp³-hybridized carbons (Fsp3) is 0.893. The van der Waals surface area contributed by atoms with Crippen LogP contribution in [0.2, 0.25) is 141 Å². The third-order valence-electron chi connectivity index (χ3n) is 6.88. The summed E-state index contributed by atoms with van der Waals surface area (Å²) in [7, 11) is -16.0. The average Bonchev–Trinajstić information content (AvgIpc) is 2.82. The van der Waals surface area contributed by atoms with Crippen LogP contribution in [-0.2, 0) is 34.2 Å². The molecule has 0 saturated carbocycles. The number of esters is 1. The van der Waals surface area contributed by atoms with Gasteiger partial charge in [-0.1, -0.05) is 6.58 Å². The Morgan fingerprint density at radius 2 is 0.848 bits per heavy atom. The van der Waals surface area contributed by atoms with Crippen LogP contribution in [0.5, 0.6) is 0 Å². The topological polar surface area (TPSA) is 81.7 Å². The predicted molar refractivity (Wildman–Crippen MR) is 224 cm³/mol. The van der Waals surface area contributed by atoms with Gasteiger partial charge in [-0.2, -0.15) is 0 Å². The summed E-state index contributed by atoms with van der Waals surface area (Å²) in [6.07, 6.45) is 0.652. The highest BCUT2D eigenvalue weighted by atomic mass is 28.5. The van der Waals surface area contributed by atoms with Crippen LogP contribution in [0.15, 0.2) is 12.2 Å². The van der Waals surface area contributed by atoms with E-state index in [1.165, 1.54) is 0 Å². The Balaban J connectivity index is 6.26. The largest absolute Gasteiger partial charge is 0.469 e. The molecular formula is C28H74O8Si10. The number of ether oxygens (including phenoxy) is 1. The SMILES string of the molecule is C=C(C)C(=O)OCCC[Si](O[Si](C)(C)CC[SiH2]O[Si](C)(C)C)(O[Si](C)(C)CC[SiH2]O[Si](C)(C)C)O[Si](C)(C)CC[SiH2]O[Si](C)(C)C. The van der Waals surface area contributed by atoms with E-state index in [1.54, 1.807) is 6.92 Å². The molecule has 0 radical (unpaired) electrons. The first-order valence-electron chi connectivity index (χ1n) is 17.4. The Bertz CT molecular complexity index is 827. The van der Waals surface area contributed by atoms with E-state index in [9.17, 15) is 4.79 Å². The lowest BCUT2D eigenvalue weighted by molar-refractivity contribution is -0.139.